The molecule has 0 atom stereocenters. The number of hydrogen-bond donors (Lipinski definition) is 0. The van der Waals surface area contributed by atoms with Crippen LogP contribution in [0, 0.1) is 5.92 Å². The normalized spacial score (nSPS) is 11.2. The second kappa shape index (κ2) is 7.60. The molecule has 0 N–H and O–H groups in total. The molecule has 14 heavy (non-hydrogen) atoms. The molecule has 1 amide bonds. The lowest BCUT2D eigenvalue weighted by Gasteiger charge is -2.08. The van der Waals surface area contributed by atoms with Crippen LogP contribution in [0.2, 0.25) is 0 Å². The summed E-state index contributed by atoms with van der Waals surface area (Å²) in [6.45, 7) is 4.45. The van der Waals surface area contributed by atoms with Crippen LogP contribution in [0.5, 0.6) is 0 Å². The van der Waals surface area contributed by atoms with Gasteiger partial charge in [0, 0.05) is 20.5 Å². The molecule has 0 saturated carbocycles. The Morgan fingerprint density at radius 3 is 2.29 bits per heavy atom. The van der Waals surface area contributed by atoms with Gasteiger partial charge in [0.15, 0.2) is 0 Å². The molecule has 0 aromatic carbocycles. The number of amides is 1. The Kier molecular flexibility index (Phi) is 7.17. The quantitative estimate of drug-likeness (QED) is 0.600. The van der Waals surface area contributed by atoms with Gasteiger partial charge in [0.05, 0.1) is 0 Å². The van der Waals surface area contributed by atoms with Gasteiger partial charge in [0.2, 0.25) is 5.91 Å². The van der Waals surface area contributed by atoms with Crippen molar-refractivity contribution in [2.45, 2.75) is 39.5 Å². The molecular formula is C12H23NO. The van der Waals surface area contributed by atoms with Crippen LogP contribution < -0.4 is 0 Å². The van der Waals surface area contributed by atoms with Crippen LogP contribution in [-0.4, -0.2) is 24.9 Å². The van der Waals surface area contributed by atoms with E-state index in [-0.39, 0.29) is 5.91 Å². The summed E-state index contributed by atoms with van der Waals surface area (Å²) in [7, 11) is 3.59. The Balaban J connectivity index is 3.40. The van der Waals surface area contributed by atoms with Crippen molar-refractivity contribution in [2.24, 2.45) is 5.92 Å². The number of carbonyl (C=O) groups excluding carboxylic acids is 1. The van der Waals surface area contributed by atoms with Gasteiger partial charge in [-0.3, -0.25) is 4.79 Å². The first kappa shape index (κ1) is 13.2. The third kappa shape index (κ3) is 7.84. The van der Waals surface area contributed by atoms with Crippen LogP contribution in [0.25, 0.3) is 0 Å². The van der Waals surface area contributed by atoms with E-state index in [2.05, 4.69) is 26.0 Å². The van der Waals surface area contributed by atoms with Crippen LogP contribution in [0.15, 0.2) is 12.2 Å². The second-order valence-corrected chi connectivity index (χ2v) is 4.27. The minimum absolute atomic E-state index is 0.207. The summed E-state index contributed by atoms with van der Waals surface area (Å²) in [4.78, 5) is 12.8. The predicted molar refractivity (Wildman–Crippen MR) is 61.1 cm³/mol. The van der Waals surface area contributed by atoms with Crippen molar-refractivity contribution in [2.75, 3.05) is 14.1 Å². The lowest BCUT2D eigenvalue weighted by atomic mass is 10.1. The molecule has 0 aromatic rings. The van der Waals surface area contributed by atoms with Crippen LogP contribution in [-0.2, 0) is 4.79 Å². The minimum atomic E-state index is 0.207. The Bertz CT molecular complexity index is 183. The van der Waals surface area contributed by atoms with Crippen LogP contribution in [0.1, 0.15) is 39.5 Å². The highest BCUT2D eigenvalue weighted by atomic mass is 16.2. The highest BCUT2D eigenvalue weighted by molar-refractivity contribution is 5.75. The van der Waals surface area contributed by atoms with Gasteiger partial charge in [-0.15, -0.1) is 0 Å². The van der Waals surface area contributed by atoms with E-state index >= 15 is 0 Å². The van der Waals surface area contributed by atoms with E-state index in [9.17, 15) is 4.79 Å². The Morgan fingerprint density at radius 2 is 1.79 bits per heavy atom. The third-order valence-electron chi connectivity index (χ3n) is 2.10. The van der Waals surface area contributed by atoms with E-state index in [1.54, 1.807) is 19.0 Å². The SMILES string of the molecule is CC(C)CCC=CCCC(=O)N(C)C. The largest absolute Gasteiger partial charge is 0.349 e. The topological polar surface area (TPSA) is 20.3 Å². The van der Waals surface area contributed by atoms with E-state index < -0.39 is 0 Å². The molecule has 0 aromatic heterocycles. The summed E-state index contributed by atoms with van der Waals surface area (Å²) < 4.78 is 0. The van der Waals surface area contributed by atoms with Crippen molar-refractivity contribution in [3.8, 4) is 0 Å². The summed E-state index contributed by atoms with van der Waals surface area (Å²) in [5.74, 6) is 0.974. The number of nitrogens with zero attached hydrogens (tertiary/aromatic N) is 1. The van der Waals surface area contributed by atoms with Gasteiger partial charge in [0.25, 0.3) is 0 Å². The van der Waals surface area contributed by atoms with Gasteiger partial charge in [0.1, 0.15) is 0 Å². The van der Waals surface area contributed by atoms with Crippen LogP contribution >= 0.6 is 0 Å². The van der Waals surface area contributed by atoms with Gasteiger partial charge in [-0.2, -0.15) is 0 Å². The van der Waals surface area contributed by atoms with E-state index in [4.69, 9.17) is 0 Å². The molecule has 0 rings (SSSR count). The summed E-state index contributed by atoms with van der Waals surface area (Å²) in [5.41, 5.74) is 0. The zero-order valence-electron chi connectivity index (χ0n) is 9.92. The Labute approximate surface area is 88.0 Å². The van der Waals surface area contributed by atoms with Crippen molar-refractivity contribution in [3.63, 3.8) is 0 Å². The molecule has 0 aliphatic rings. The van der Waals surface area contributed by atoms with Gasteiger partial charge < -0.3 is 4.90 Å². The van der Waals surface area contributed by atoms with E-state index in [0.29, 0.717) is 6.42 Å². The molecule has 0 unspecified atom stereocenters. The minimum Gasteiger partial charge on any atom is -0.349 e. The molecular weight excluding hydrogens is 174 g/mol. The van der Waals surface area contributed by atoms with Crippen molar-refractivity contribution in [3.05, 3.63) is 12.2 Å². The maximum Gasteiger partial charge on any atom is 0.222 e. The third-order valence-corrected chi connectivity index (χ3v) is 2.10. The lowest BCUT2D eigenvalue weighted by Crippen LogP contribution is -2.20. The Hall–Kier alpha value is -0.790. The summed E-state index contributed by atoms with van der Waals surface area (Å²) in [6, 6.07) is 0. The molecule has 2 heteroatoms. The number of hydrogen-bond acceptors (Lipinski definition) is 1. The molecule has 0 fully saturated rings. The fourth-order valence-electron chi connectivity index (χ4n) is 1.10. The fourth-order valence-corrected chi connectivity index (χ4v) is 1.10. The van der Waals surface area contributed by atoms with Gasteiger partial charge in [-0.25, -0.2) is 0 Å². The highest BCUT2D eigenvalue weighted by Gasteiger charge is 2.00. The van der Waals surface area contributed by atoms with Gasteiger partial charge >= 0.3 is 0 Å². The standard InChI is InChI=1S/C12H23NO/c1-11(2)9-7-5-6-8-10-12(14)13(3)4/h5-6,11H,7-10H2,1-4H3. The predicted octanol–water partition coefficient (Wildman–Crippen LogP) is 2.85. The van der Waals surface area contributed by atoms with E-state index in [1.165, 1.54) is 6.42 Å². The second-order valence-electron chi connectivity index (χ2n) is 4.27. The molecule has 82 valence electrons. The molecule has 0 saturated heterocycles. The first-order valence-corrected chi connectivity index (χ1v) is 5.39. The van der Waals surface area contributed by atoms with E-state index in [0.717, 1.165) is 18.8 Å². The highest BCUT2D eigenvalue weighted by Crippen LogP contribution is 2.04. The van der Waals surface area contributed by atoms with Crippen LogP contribution in [0.3, 0.4) is 0 Å². The first-order valence-electron chi connectivity index (χ1n) is 5.39. The molecule has 0 radical (unpaired) electrons. The van der Waals surface area contributed by atoms with E-state index in [1.807, 2.05) is 0 Å². The molecule has 0 aliphatic heterocycles. The number of rotatable bonds is 6. The van der Waals surface area contributed by atoms with Gasteiger partial charge in [-0.05, 0) is 25.2 Å². The average molecular weight is 197 g/mol. The summed E-state index contributed by atoms with van der Waals surface area (Å²) >= 11 is 0. The molecule has 2 nitrogen and oxygen atoms in total. The Morgan fingerprint density at radius 1 is 1.21 bits per heavy atom. The van der Waals surface area contributed by atoms with Gasteiger partial charge in [-0.1, -0.05) is 26.0 Å². The monoisotopic (exact) mass is 197 g/mol. The first-order chi connectivity index (χ1) is 6.54. The molecule has 0 bridgehead atoms. The number of allylic oxidation sites excluding steroid dienone is 2. The van der Waals surface area contributed by atoms with Crippen molar-refractivity contribution in [1.82, 2.24) is 4.90 Å². The molecule has 0 spiro atoms. The molecule has 0 heterocycles. The summed E-state index contributed by atoms with van der Waals surface area (Å²) in [6.07, 6.45) is 8.17. The maximum atomic E-state index is 11.2. The van der Waals surface area contributed by atoms with Crippen molar-refractivity contribution < 1.29 is 4.79 Å². The zero-order valence-corrected chi connectivity index (χ0v) is 9.92. The molecule has 0 aliphatic carbocycles. The van der Waals surface area contributed by atoms with Crippen molar-refractivity contribution >= 4 is 5.91 Å². The zero-order chi connectivity index (χ0) is 11.0. The lowest BCUT2D eigenvalue weighted by molar-refractivity contribution is -0.128. The van der Waals surface area contributed by atoms with Crippen LogP contribution in [0.4, 0.5) is 0 Å². The smallest absolute Gasteiger partial charge is 0.222 e. The maximum absolute atomic E-state index is 11.2. The average Bonchev–Trinajstić information content (AvgIpc) is 2.09. The van der Waals surface area contributed by atoms with Crippen molar-refractivity contribution in [1.29, 1.82) is 0 Å². The fraction of sp³-hybridized carbons (Fsp3) is 0.750. The summed E-state index contributed by atoms with van der Waals surface area (Å²) in [5, 5.41) is 0. The number of carbonyl (C=O) groups is 1.